The van der Waals surface area contributed by atoms with Crippen molar-refractivity contribution >= 4 is 35.2 Å². The Morgan fingerprint density at radius 2 is 1.90 bits per heavy atom. The quantitative estimate of drug-likeness (QED) is 0.715. The maximum absolute atomic E-state index is 12.1. The molecular weight excluding hydrogens is 310 g/mol. The van der Waals surface area contributed by atoms with Gasteiger partial charge in [-0.3, -0.25) is 9.59 Å². The third-order valence-electron chi connectivity index (χ3n) is 3.44. The lowest BCUT2D eigenvalue weighted by molar-refractivity contribution is -0.139. The van der Waals surface area contributed by atoms with Gasteiger partial charge in [0, 0.05) is 10.4 Å². The minimum Gasteiger partial charge on any atom is -0.481 e. The van der Waals surface area contributed by atoms with E-state index in [1.165, 1.54) is 11.8 Å². The van der Waals surface area contributed by atoms with Gasteiger partial charge >= 0.3 is 5.97 Å². The summed E-state index contributed by atoms with van der Waals surface area (Å²) in [5.41, 5.74) is -0.677. The van der Waals surface area contributed by atoms with Crippen LogP contribution in [0.5, 0.6) is 0 Å². The van der Waals surface area contributed by atoms with E-state index >= 15 is 0 Å². The summed E-state index contributed by atoms with van der Waals surface area (Å²) in [7, 11) is 0. The second-order valence-electron chi connectivity index (χ2n) is 4.83. The molecule has 1 aromatic carbocycles. The summed E-state index contributed by atoms with van der Waals surface area (Å²) in [6.45, 7) is 3.77. The number of aliphatic carboxylic acids is 1. The average molecular weight is 330 g/mol. The summed E-state index contributed by atoms with van der Waals surface area (Å²) < 4.78 is 0. The summed E-state index contributed by atoms with van der Waals surface area (Å²) in [6.07, 6.45) is 1.10. The lowest BCUT2D eigenvalue weighted by Crippen LogP contribution is -2.49. The highest BCUT2D eigenvalue weighted by atomic mass is 35.5. The molecule has 0 aliphatic rings. The number of amides is 1. The van der Waals surface area contributed by atoms with E-state index in [1.54, 1.807) is 6.07 Å². The SMILES string of the molecule is CCC(CC)(CC(=O)O)NC(=O)CSc1ccccc1Cl. The number of benzene rings is 1. The molecule has 1 rings (SSSR count). The number of halogens is 1. The number of hydrogen-bond acceptors (Lipinski definition) is 3. The zero-order valence-electron chi connectivity index (χ0n) is 12.2. The summed E-state index contributed by atoms with van der Waals surface area (Å²) in [4.78, 5) is 23.9. The molecule has 0 aliphatic carbocycles. The number of hydrogen-bond donors (Lipinski definition) is 2. The minimum atomic E-state index is -0.905. The van der Waals surface area contributed by atoms with E-state index < -0.39 is 11.5 Å². The van der Waals surface area contributed by atoms with Gasteiger partial charge in [0.05, 0.1) is 17.2 Å². The fourth-order valence-electron chi connectivity index (χ4n) is 2.05. The fourth-order valence-corrected chi connectivity index (χ4v) is 3.09. The van der Waals surface area contributed by atoms with Crippen LogP contribution in [0.3, 0.4) is 0 Å². The number of thioether (sulfide) groups is 1. The summed E-state index contributed by atoms with van der Waals surface area (Å²) in [5.74, 6) is -0.868. The van der Waals surface area contributed by atoms with E-state index in [0.717, 1.165) is 4.90 Å². The molecule has 0 radical (unpaired) electrons. The Morgan fingerprint density at radius 1 is 1.29 bits per heavy atom. The Balaban J connectivity index is 2.62. The largest absolute Gasteiger partial charge is 0.481 e. The molecule has 0 spiro atoms. The maximum Gasteiger partial charge on any atom is 0.305 e. The predicted molar refractivity (Wildman–Crippen MR) is 85.9 cm³/mol. The van der Waals surface area contributed by atoms with Gasteiger partial charge in [-0.2, -0.15) is 0 Å². The maximum atomic E-state index is 12.1. The first kappa shape index (κ1) is 17.9. The van der Waals surface area contributed by atoms with Crippen LogP contribution in [0.2, 0.25) is 5.02 Å². The minimum absolute atomic E-state index is 0.0670. The predicted octanol–water partition coefficient (Wildman–Crippen LogP) is 3.58. The van der Waals surface area contributed by atoms with Crippen molar-refractivity contribution in [1.29, 1.82) is 0 Å². The van der Waals surface area contributed by atoms with E-state index in [9.17, 15) is 9.59 Å². The molecule has 0 aromatic heterocycles. The van der Waals surface area contributed by atoms with E-state index in [-0.39, 0.29) is 18.1 Å². The molecule has 6 heteroatoms. The van der Waals surface area contributed by atoms with Gasteiger partial charge in [-0.25, -0.2) is 0 Å². The van der Waals surface area contributed by atoms with Gasteiger partial charge in [0.25, 0.3) is 0 Å². The Bertz CT molecular complexity index is 503. The van der Waals surface area contributed by atoms with E-state index in [2.05, 4.69) is 5.32 Å². The molecule has 0 fully saturated rings. The molecule has 0 heterocycles. The van der Waals surface area contributed by atoms with Crippen molar-refractivity contribution in [3.8, 4) is 0 Å². The van der Waals surface area contributed by atoms with Gasteiger partial charge in [-0.05, 0) is 25.0 Å². The van der Waals surface area contributed by atoms with Crippen LogP contribution in [0.4, 0.5) is 0 Å². The van der Waals surface area contributed by atoms with Crippen LogP contribution < -0.4 is 5.32 Å². The lowest BCUT2D eigenvalue weighted by Gasteiger charge is -2.31. The van der Waals surface area contributed by atoms with Crippen LogP contribution in [0.15, 0.2) is 29.2 Å². The standard InChI is InChI=1S/C15H20ClNO3S/c1-3-15(4-2,9-14(19)20)17-13(18)10-21-12-8-6-5-7-11(12)16/h5-8H,3-4,9-10H2,1-2H3,(H,17,18)(H,19,20). The summed E-state index contributed by atoms with van der Waals surface area (Å²) in [5, 5.41) is 12.5. The van der Waals surface area contributed by atoms with E-state index in [4.69, 9.17) is 16.7 Å². The third-order valence-corrected chi connectivity index (χ3v) is 4.96. The molecule has 1 aromatic rings. The summed E-state index contributed by atoms with van der Waals surface area (Å²) in [6, 6.07) is 7.32. The monoisotopic (exact) mass is 329 g/mol. The van der Waals surface area contributed by atoms with Crippen molar-refractivity contribution in [3.63, 3.8) is 0 Å². The van der Waals surface area contributed by atoms with Gasteiger partial charge in [0.2, 0.25) is 5.91 Å². The van der Waals surface area contributed by atoms with Crippen molar-refractivity contribution in [3.05, 3.63) is 29.3 Å². The number of carbonyl (C=O) groups is 2. The molecule has 0 bridgehead atoms. The third kappa shape index (κ3) is 5.59. The first-order chi connectivity index (χ1) is 9.92. The van der Waals surface area contributed by atoms with E-state index in [1.807, 2.05) is 32.0 Å². The Morgan fingerprint density at radius 3 is 2.43 bits per heavy atom. The fraction of sp³-hybridized carbons (Fsp3) is 0.467. The Labute approximate surface area is 134 Å². The van der Waals surface area contributed by atoms with Crippen LogP contribution in [0.1, 0.15) is 33.1 Å². The molecule has 0 saturated carbocycles. The van der Waals surface area contributed by atoms with Crippen LogP contribution in [-0.4, -0.2) is 28.3 Å². The smallest absolute Gasteiger partial charge is 0.305 e. The van der Waals surface area contributed by atoms with Gasteiger partial charge in [-0.15, -0.1) is 11.8 Å². The van der Waals surface area contributed by atoms with Gasteiger partial charge in [0.1, 0.15) is 0 Å². The average Bonchev–Trinajstić information content (AvgIpc) is 2.45. The van der Waals surface area contributed by atoms with Crippen molar-refractivity contribution < 1.29 is 14.7 Å². The van der Waals surface area contributed by atoms with E-state index in [0.29, 0.717) is 17.9 Å². The second kappa shape index (κ2) is 8.29. The Hall–Kier alpha value is -1.20. The molecule has 116 valence electrons. The van der Waals surface area contributed by atoms with Crippen molar-refractivity contribution in [2.24, 2.45) is 0 Å². The van der Waals surface area contributed by atoms with Gasteiger partial charge < -0.3 is 10.4 Å². The van der Waals surface area contributed by atoms with Crippen LogP contribution in [0, 0.1) is 0 Å². The topological polar surface area (TPSA) is 66.4 Å². The normalized spacial score (nSPS) is 11.2. The highest BCUT2D eigenvalue weighted by Crippen LogP contribution is 2.27. The number of carboxylic acids is 1. The molecule has 0 saturated heterocycles. The molecule has 1 amide bonds. The molecule has 0 aliphatic heterocycles. The molecule has 0 unspecified atom stereocenters. The highest BCUT2D eigenvalue weighted by molar-refractivity contribution is 8.00. The van der Waals surface area contributed by atoms with Crippen molar-refractivity contribution in [2.75, 3.05) is 5.75 Å². The van der Waals surface area contributed by atoms with Gasteiger partial charge in [0.15, 0.2) is 0 Å². The number of rotatable bonds is 8. The summed E-state index contributed by atoms with van der Waals surface area (Å²) >= 11 is 7.38. The number of carbonyl (C=O) groups excluding carboxylic acids is 1. The van der Waals surface area contributed by atoms with Crippen molar-refractivity contribution in [1.82, 2.24) is 5.32 Å². The zero-order valence-corrected chi connectivity index (χ0v) is 13.8. The van der Waals surface area contributed by atoms with Crippen molar-refractivity contribution in [2.45, 2.75) is 43.5 Å². The molecule has 21 heavy (non-hydrogen) atoms. The number of carboxylic acid groups (broad SMARTS) is 1. The van der Waals surface area contributed by atoms with Crippen LogP contribution in [0.25, 0.3) is 0 Å². The lowest BCUT2D eigenvalue weighted by atomic mass is 9.89. The van der Waals surface area contributed by atoms with Crippen LogP contribution >= 0.6 is 23.4 Å². The molecule has 2 N–H and O–H groups in total. The molecule has 0 atom stereocenters. The molecular formula is C15H20ClNO3S. The van der Waals surface area contributed by atoms with Gasteiger partial charge in [-0.1, -0.05) is 37.6 Å². The Kier molecular flexibility index (Phi) is 7.05. The second-order valence-corrected chi connectivity index (χ2v) is 6.25. The highest BCUT2D eigenvalue weighted by Gasteiger charge is 2.30. The first-order valence-corrected chi connectivity index (χ1v) is 8.19. The number of nitrogens with one attached hydrogen (secondary N) is 1. The zero-order chi connectivity index (χ0) is 15.9. The first-order valence-electron chi connectivity index (χ1n) is 6.82. The van der Waals surface area contributed by atoms with Crippen LogP contribution in [-0.2, 0) is 9.59 Å². The molecule has 4 nitrogen and oxygen atoms in total.